The van der Waals surface area contributed by atoms with Crippen molar-refractivity contribution in [3.05, 3.63) is 122 Å². The van der Waals surface area contributed by atoms with Gasteiger partial charge >= 0.3 is 0 Å². The molecule has 5 fully saturated rings. The molecule has 3 saturated heterocycles. The second-order valence-corrected chi connectivity index (χ2v) is 25.3. The van der Waals surface area contributed by atoms with Crippen LogP contribution in [0, 0.1) is 18.3 Å². The maximum atomic E-state index is 14.2. The van der Waals surface area contributed by atoms with E-state index in [9.17, 15) is 14.4 Å². The van der Waals surface area contributed by atoms with Crippen molar-refractivity contribution in [2.45, 2.75) is 153 Å². The van der Waals surface area contributed by atoms with Crippen LogP contribution in [0.15, 0.2) is 82.9 Å². The molecule has 77 heavy (non-hydrogen) atoms. The molecular formula is C62H82ClN9O4S. The van der Waals surface area contributed by atoms with Crippen molar-refractivity contribution in [3.63, 3.8) is 0 Å². The molecule has 6 heterocycles. The number of morpholine rings is 1. The van der Waals surface area contributed by atoms with Gasteiger partial charge in [-0.3, -0.25) is 23.9 Å². The van der Waals surface area contributed by atoms with Crippen LogP contribution in [0.4, 0.5) is 0 Å². The van der Waals surface area contributed by atoms with Gasteiger partial charge in [-0.25, -0.2) is 4.98 Å². The highest BCUT2D eigenvalue weighted by molar-refractivity contribution is 7.13. The summed E-state index contributed by atoms with van der Waals surface area (Å²) in [4.78, 5) is 58.2. The zero-order valence-electron chi connectivity index (χ0n) is 46.3. The quantitative estimate of drug-likeness (QED) is 0.110. The summed E-state index contributed by atoms with van der Waals surface area (Å²) in [5.74, 6) is 1.78. The number of aromatic nitrogens is 3. The lowest BCUT2D eigenvalue weighted by Crippen LogP contribution is -2.56. The smallest absolute Gasteiger partial charge is 0.282 e. The lowest BCUT2D eigenvalue weighted by Gasteiger charge is -2.36. The first kappa shape index (κ1) is 55.2. The van der Waals surface area contributed by atoms with E-state index in [1.807, 2.05) is 30.8 Å². The molecule has 2 saturated carbocycles. The number of hydrogen-bond acceptors (Lipinski definition) is 11. The number of amides is 2. The number of benzene rings is 3. The molecule has 1 spiro atoms. The average Bonchev–Trinajstić information content (AvgIpc) is 4.26. The Hall–Kier alpha value is -5.12. The Morgan fingerprint density at radius 1 is 0.909 bits per heavy atom. The molecule has 2 aromatic heterocycles. The number of hydrogen-bond donors (Lipinski definition) is 3. The van der Waals surface area contributed by atoms with E-state index >= 15 is 0 Å². The first-order valence-corrected chi connectivity index (χ1v) is 30.1. The Bertz CT molecular complexity index is 2960. The van der Waals surface area contributed by atoms with Crippen molar-refractivity contribution >= 4 is 45.7 Å². The summed E-state index contributed by atoms with van der Waals surface area (Å²) in [6.07, 6.45) is 18.1. The lowest BCUT2D eigenvalue weighted by atomic mass is 9.69. The van der Waals surface area contributed by atoms with E-state index in [-0.39, 0.29) is 34.2 Å². The summed E-state index contributed by atoms with van der Waals surface area (Å²) in [5, 5.41) is 7.82. The van der Waals surface area contributed by atoms with Gasteiger partial charge in [-0.05, 0) is 143 Å². The minimum Gasteiger partial charge on any atom is -0.401 e. The Morgan fingerprint density at radius 2 is 1.64 bits per heavy atom. The lowest BCUT2D eigenvalue weighted by molar-refractivity contribution is -0.142. The highest BCUT2D eigenvalue weighted by Gasteiger charge is 2.47. The first-order chi connectivity index (χ1) is 37.2. The molecule has 0 radical (unpaired) electrons. The number of piperidine rings is 1. The van der Waals surface area contributed by atoms with Crippen LogP contribution >= 0.6 is 22.9 Å². The third kappa shape index (κ3) is 11.9. The Labute approximate surface area is 465 Å². The molecule has 15 heteroatoms. The highest BCUT2D eigenvalue weighted by atomic mass is 35.5. The number of nitrogens with two attached hydrogens (primary N) is 1. The molecule has 11 rings (SSSR count). The van der Waals surface area contributed by atoms with Crippen molar-refractivity contribution in [1.82, 2.24) is 39.9 Å². The maximum Gasteiger partial charge on any atom is 0.282 e. The SMILES string of the molecule is CN1CCC(c2ccc3c(c2)-n2c(nc(=O)c4c(Cl)cccc42)C32CCCCC2)CC1.Cc1ncsc1-c1ccc(C(CCN2CCOCC2)NC(=O)C2CCCN2C(=O)C(N/C=C(\N)C2CCCCC2)C(C)(C)C)cc1. The summed E-state index contributed by atoms with van der Waals surface area (Å²) in [6, 6.07) is 20.2. The van der Waals surface area contributed by atoms with Gasteiger partial charge in [0.1, 0.15) is 17.9 Å². The normalized spacial score (nSPS) is 21.3. The Kier molecular flexibility index (Phi) is 17.3. The number of allylic oxidation sites excluding steroid dienone is 1. The summed E-state index contributed by atoms with van der Waals surface area (Å²) >= 11 is 8.12. The molecule has 4 N–H and O–H groups in total. The molecule has 3 unspecified atom stereocenters. The number of nitrogens with zero attached hydrogens (tertiary/aromatic N) is 6. The van der Waals surface area contributed by atoms with Gasteiger partial charge in [0.05, 0.1) is 62.4 Å². The fourth-order valence-corrected chi connectivity index (χ4v) is 14.4. The van der Waals surface area contributed by atoms with Crippen molar-refractivity contribution in [2.24, 2.45) is 17.1 Å². The van der Waals surface area contributed by atoms with Gasteiger partial charge in [-0.1, -0.05) is 113 Å². The van der Waals surface area contributed by atoms with Crippen LogP contribution in [-0.4, -0.2) is 113 Å². The third-order valence-corrected chi connectivity index (χ3v) is 19.2. The molecule has 0 bridgehead atoms. The zero-order chi connectivity index (χ0) is 53.8. The van der Waals surface area contributed by atoms with E-state index < -0.39 is 12.1 Å². The van der Waals surface area contributed by atoms with E-state index in [1.165, 1.54) is 68.2 Å². The van der Waals surface area contributed by atoms with Crippen LogP contribution in [0.5, 0.6) is 0 Å². The molecule has 3 aromatic carbocycles. The third-order valence-electron chi connectivity index (χ3n) is 17.9. The van der Waals surface area contributed by atoms with Gasteiger partial charge in [0.2, 0.25) is 11.8 Å². The van der Waals surface area contributed by atoms with E-state index in [1.54, 1.807) is 22.3 Å². The summed E-state index contributed by atoms with van der Waals surface area (Å²) in [6.45, 7) is 15.2. The summed E-state index contributed by atoms with van der Waals surface area (Å²) in [7, 11) is 2.21. The minimum atomic E-state index is -0.496. The molecule has 2 amide bonds. The van der Waals surface area contributed by atoms with Crippen LogP contribution in [-0.2, 0) is 19.7 Å². The van der Waals surface area contributed by atoms with Gasteiger partial charge in [0.25, 0.3) is 5.56 Å². The second-order valence-electron chi connectivity index (χ2n) is 24.0. The Balaban J connectivity index is 0.000000187. The van der Waals surface area contributed by atoms with Crippen molar-refractivity contribution in [2.75, 3.05) is 59.5 Å². The van der Waals surface area contributed by atoms with Crippen LogP contribution < -0.4 is 21.9 Å². The number of halogens is 1. The number of rotatable bonds is 12. The highest BCUT2D eigenvalue weighted by Crippen LogP contribution is 2.52. The maximum absolute atomic E-state index is 14.2. The molecular weight excluding hydrogens is 1000 g/mol. The fourth-order valence-electron chi connectivity index (χ4n) is 13.4. The number of thiazole rings is 1. The molecule has 3 atom stereocenters. The van der Waals surface area contributed by atoms with E-state index in [4.69, 9.17) is 27.1 Å². The van der Waals surface area contributed by atoms with Crippen LogP contribution in [0.25, 0.3) is 27.0 Å². The van der Waals surface area contributed by atoms with Crippen molar-refractivity contribution < 1.29 is 14.3 Å². The number of ether oxygens (including phenoxy) is 1. The summed E-state index contributed by atoms with van der Waals surface area (Å²) in [5.41, 5.74) is 16.6. The van der Waals surface area contributed by atoms with Crippen molar-refractivity contribution in [1.29, 1.82) is 0 Å². The van der Waals surface area contributed by atoms with Gasteiger partial charge in [0.15, 0.2) is 0 Å². The van der Waals surface area contributed by atoms with Crippen molar-refractivity contribution in [3.8, 4) is 16.1 Å². The number of carbonyl (C=O) groups is 2. The number of nitrogens with one attached hydrogen (secondary N) is 2. The number of fused-ring (bicyclic) bond motifs is 7. The molecule has 412 valence electrons. The van der Waals surface area contributed by atoms with Gasteiger partial charge in [-0.2, -0.15) is 4.98 Å². The van der Waals surface area contributed by atoms with Crippen LogP contribution in [0.2, 0.25) is 5.02 Å². The Morgan fingerprint density at radius 3 is 2.34 bits per heavy atom. The van der Waals surface area contributed by atoms with Gasteiger partial charge in [-0.15, -0.1) is 11.3 Å². The topological polar surface area (TPSA) is 151 Å². The van der Waals surface area contributed by atoms with E-state index in [0.29, 0.717) is 35.2 Å². The minimum absolute atomic E-state index is 0.0352. The monoisotopic (exact) mass is 1080 g/mol. The van der Waals surface area contributed by atoms with E-state index in [2.05, 4.69) is 100 Å². The average molecular weight is 1080 g/mol. The fraction of sp³-hybridized carbons (Fsp3) is 0.565. The first-order valence-electron chi connectivity index (χ1n) is 28.9. The molecule has 6 aliphatic rings. The van der Waals surface area contributed by atoms with Crippen LogP contribution in [0.3, 0.4) is 0 Å². The molecule has 4 aliphatic heterocycles. The predicted octanol–water partition coefficient (Wildman–Crippen LogP) is 10.8. The van der Waals surface area contributed by atoms with Gasteiger partial charge in [0, 0.05) is 38.1 Å². The standard InChI is InChI=1S/C36H54N6O3S.C26H28ClN3O/c1-25-32(46-24-39-25)28-14-12-27(13-15-28)30(16-18-41-19-21-45-22-20-41)40-34(43)31-11-8-17-42(31)35(44)33(36(2,3)4)38-23-29(37)26-9-6-5-7-10-26;1-29-14-10-17(11-15-29)18-8-9-19-22(16-18)30-21-7-5-6-20(27)23(21)24(31)28-25(30)26(19)12-3-2-4-13-26/h12-15,23-24,26,30-31,33,38H,5-11,16-22,37H2,1-4H3,(H,40,43);5-9,16-17H,2-4,10-15H2,1H3/b29-23-;. The molecule has 2 aliphatic carbocycles. The van der Waals surface area contributed by atoms with E-state index in [0.717, 1.165) is 123 Å². The largest absolute Gasteiger partial charge is 0.401 e. The second kappa shape index (κ2) is 24.1. The number of carbonyl (C=O) groups excluding carboxylic acids is 2. The van der Waals surface area contributed by atoms with Gasteiger partial charge < -0.3 is 30.9 Å². The number of aryl methyl sites for hydroxylation is 1. The predicted molar refractivity (Wildman–Crippen MR) is 311 cm³/mol. The van der Waals surface area contributed by atoms with Crippen LogP contribution in [0.1, 0.15) is 157 Å². The molecule has 5 aromatic rings. The number of likely N-dealkylation sites (tertiary alicyclic amines) is 2. The zero-order valence-corrected chi connectivity index (χ0v) is 47.8. The summed E-state index contributed by atoms with van der Waals surface area (Å²) < 4.78 is 7.82. The molecule has 13 nitrogen and oxygen atoms in total.